The molecule has 1 aliphatic rings. The number of rotatable bonds is 1. The van der Waals surface area contributed by atoms with Crippen molar-refractivity contribution in [3.8, 4) is 0 Å². The second-order valence-corrected chi connectivity index (χ2v) is 5.70. The third-order valence-electron chi connectivity index (χ3n) is 3.83. The predicted octanol–water partition coefficient (Wildman–Crippen LogP) is 3.39. The zero-order chi connectivity index (χ0) is 15.1. The second kappa shape index (κ2) is 5.07. The predicted molar refractivity (Wildman–Crippen MR) is 87.7 cm³/mol. The van der Waals surface area contributed by atoms with Crippen LogP contribution in [-0.2, 0) is 6.54 Å². The van der Waals surface area contributed by atoms with Crippen molar-refractivity contribution in [1.82, 2.24) is 14.5 Å². The molecule has 4 nitrogen and oxygen atoms in total. The molecule has 0 unspecified atom stereocenters. The van der Waals surface area contributed by atoms with Gasteiger partial charge in [-0.3, -0.25) is 14.3 Å². The minimum absolute atomic E-state index is 0.0305. The Morgan fingerprint density at radius 3 is 3.00 bits per heavy atom. The zero-order valence-electron chi connectivity index (χ0n) is 11.7. The van der Waals surface area contributed by atoms with E-state index in [1.54, 1.807) is 35.2 Å². The van der Waals surface area contributed by atoms with Crippen LogP contribution >= 0.6 is 11.6 Å². The minimum atomic E-state index is -0.0305. The quantitative estimate of drug-likeness (QED) is 0.692. The van der Waals surface area contributed by atoms with E-state index in [-0.39, 0.29) is 5.56 Å². The maximum atomic E-state index is 12.6. The molecule has 22 heavy (non-hydrogen) atoms. The molecule has 0 amide bonds. The third-order valence-corrected chi connectivity index (χ3v) is 4.07. The first-order valence-electron chi connectivity index (χ1n) is 7.03. The first-order chi connectivity index (χ1) is 10.7. The highest BCUT2D eigenvalue weighted by molar-refractivity contribution is 6.31. The molecule has 0 fully saturated rings. The molecule has 0 saturated carbocycles. The van der Waals surface area contributed by atoms with Gasteiger partial charge in [0.05, 0.1) is 10.9 Å². The third kappa shape index (κ3) is 2.12. The van der Waals surface area contributed by atoms with Crippen LogP contribution < -0.4 is 5.56 Å². The lowest BCUT2D eigenvalue weighted by Crippen LogP contribution is -2.20. The van der Waals surface area contributed by atoms with Gasteiger partial charge in [0.2, 0.25) is 0 Å². The van der Waals surface area contributed by atoms with E-state index in [0.717, 1.165) is 23.4 Å². The molecule has 0 spiro atoms. The molecule has 3 aromatic rings. The van der Waals surface area contributed by atoms with Crippen molar-refractivity contribution in [2.24, 2.45) is 0 Å². The van der Waals surface area contributed by atoms with Crippen LogP contribution in [0.15, 0.2) is 47.5 Å². The van der Waals surface area contributed by atoms with E-state index in [4.69, 9.17) is 11.6 Å². The molecule has 0 radical (unpaired) electrons. The Labute approximate surface area is 131 Å². The maximum Gasteiger partial charge on any atom is 0.261 e. The summed E-state index contributed by atoms with van der Waals surface area (Å²) in [5, 5.41) is 1.12. The van der Waals surface area contributed by atoms with E-state index >= 15 is 0 Å². The number of nitrogens with zero attached hydrogens (tertiary/aromatic N) is 3. The van der Waals surface area contributed by atoms with E-state index in [9.17, 15) is 4.79 Å². The van der Waals surface area contributed by atoms with Crippen LogP contribution in [0.1, 0.15) is 17.8 Å². The zero-order valence-corrected chi connectivity index (χ0v) is 12.4. The van der Waals surface area contributed by atoms with Crippen molar-refractivity contribution >= 4 is 34.2 Å². The fourth-order valence-corrected chi connectivity index (χ4v) is 2.96. The molecule has 108 valence electrons. The van der Waals surface area contributed by atoms with Gasteiger partial charge in [-0.05, 0) is 47.9 Å². The number of hydrogen-bond acceptors (Lipinski definition) is 3. The summed E-state index contributed by atoms with van der Waals surface area (Å²) in [6.45, 7) is 0.649. The highest BCUT2D eigenvalue weighted by Crippen LogP contribution is 2.27. The van der Waals surface area contributed by atoms with E-state index < -0.39 is 0 Å². The second-order valence-electron chi connectivity index (χ2n) is 5.26. The molecule has 4 rings (SSSR count). The smallest absolute Gasteiger partial charge is 0.261 e. The standard InChI is InChI=1S/C17H12ClN3O/c18-13-3-4-15-14(9-13)17(22)21-7-5-12(16(21)20-15)8-11-2-1-6-19-10-11/h1-4,6,8-10H,5,7H2/b12-8-. The summed E-state index contributed by atoms with van der Waals surface area (Å²) in [4.78, 5) is 21.4. The Morgan fingerprint density at radius 2 is 2.18 bits per heavy atom. The normalized spacial score (nSPS) is 15.4. The molecule has 1 aromatic carbocycles. The van der Waals surface area contributed by atoms with Gasteiger partial charge in [-0.2, -0.15) is 0 Å². The van der Waals surface area contributed by atoms with Crippen molar-refractivity contribution < 1.29 is 0 Å². The fourth-order valence-electron chi connectivity index (χ4n) is 2.79. The Balaban J connectivity index is 1.92. The van der Waals surface area contributed by atoms with Crippen molar-refractivity contribution in [3.63, 3.8) is 0 Å². The highest BCUT2D eigenvalue weighted by Gasteiger charge is 2.20. The summed E-state index contributed by atoms with van der Waals surface area (Å²) in [6, 6.07) is 9.11. The first kappa shape index (κ1) is 13.2. The van der Waals surface area contributed by atoms with Crippen molar-refractivity contribution in [1.29, 1.82) is 0 Å². The first-order valence-corrected chi connectivity index (χ1v) is 7.41. The molecule has 0 atom stereocenters. The highest BCUT2D eigenvalue weighted by atomic mass is 35.5. The van der Waals surface area contributed by atoms with Gasteiger partial charge < -0.3 is 0 Å². The number of pyridine rings is 1. The Hall–Kier alpha value is -2.46. The Bertz CT molecular complexity index is 961. The average molecular weight is 310 g/mol. The molecule has 2 aromatic heterocycles. The average Bonchev–Trinajstić information content (AvgIpc) is 2.93. The number of halogens is 1. The van der Waals surface area contributed by atoms with E-state index in [1.165, 1.54) is 0 Å². The molecule has 5 heteroatoms. The lowest BCUT2D eigenvalue weighted by atomic mass is 10.1. The van der Waals surface area contributed by atoms with Crippen molar-refractivity contribution in [3.05, 3.63) is 69.5 Å². The largest absolute Gasteiger partial charge is 0.292 e. The van der Waals surface area contributed by atoms with Gasteiger partial charge in [-0.25, -0.2) is 4.98 Å². The van der Waals surface area contributed by atoms with Crippen LogP contribution in [-0.4, -0.2) is 14.5 Å². The van der Waals surface area contributed by atoms with Crippen LogP contribution in [0.3, 0.4) is 0 Å². The number of fused-ring (bicyclic) bond motifs is 2. The molecular weight excluding hydrogens is 298 g/mol. The summed E-state index contributed by atoms with van der Waals surface area (Å²) < 4.78 is 1.72. The van der Waals surface area contributed by atoms with Crippen LogP contribution in [0.5, 0.6) is 0 Å². The van der Waals surface area contributed by atoms with Gasteiger partial charge in [0.1, 0.15) is 5.82 Å². The summed E-state index contributed by atoms with van der Waals surface area (Å²) in [6.07, 6.45) is 6.38. The summed E-state index contributed by atoms with van der Waals surface area (Å²) in [5.41, 5.74) is 2.72. The fraction of sp³-hybridized carbons (Fsp3) is 0.118. The van der Waals surface area contributed by atoms with Gasteiger partial charge >= 0.3 is 0 Å². The summed E-state index contributed by atoms with van der Waals surface area (Å²) in [7, 11) is 0. The molecular formula is C17H12ClN3O. The molecule has 1 aliphatic heterocycles. The van der Waals surface area contributed by atoms with E-state index in [2.05, 4.69) is 9.97 Å². The van der Waals surface area contributed by atoms with Crippen LogP contribution in [0.25, 0.3) is 22.6 Å². The van der Waals surface area contributed by atoms with Gasteiger partial charge in [0.25, 0.3) is 5.56 Å². The van der Waals surface area contributed by atoms with E-state index in [0.29, 0.717) is 22.5 Å². The van der Waals surface area contributed by atoms with Crippen LogP contribution in [0.4, 0.5) is 0 Å². The Kier molecular flexibility index (Phi) is 3.05. The molecule has 0 aliphatic carbocycles. The van der Waals surface area contributed by atoms with Crippen molar-refractivity contribution in [2.45, 2.75) is 13.0 Å². The van der Waals surface area contributed by atoms with Crippen LogP contribution in [0.2, 0.25) is 5.02 Å². The molecule has 0 saturated heterocycles. The van der Waals surface area contributed by atoms with Gasteiger partial charge in [-0.15, -0.1) is 0 Å². The monoisotopic (exact) mass is 309 g/mol. The molecule has 0 bridgehead atoms. The number of aromatic nitrogens is 3. The van der Waals surface area contributed by atoms with Gasteiger partial charge in [0.15, 0.2) is 0 Å². The number of hydrogen-bond donors (Lipinski definition) is 0. The summed E-state index contributed by atoms with van der Waals surface area (Å²) in [5.74, 6) is 0.740. The topological polar surface area (TPSA) is 47.8 Å². The van der Waals surface area contributed by atoms with Crippen molar-refractivity contribution in [2.75, 3.05) is 0 Å². The number of allylic oxidation sites excluding steroid dienone is 1. The Morgan fingerprint density at radius 1 is 1.27 bits per heavy atom. The van der Waals surface area contributed by atoms with Gasteiger partial charge in [0, 0.05) is 24.0 Å². The minimum Gasteiger partial charge on any atom is -0.292 e. The lowest BCUT2D eigenvalue weighted by Gasteiger charge is -2.05. The summed E-state index contributed by atoms with van der Waals surface area (Å²) >= 11 is 5.98. The maximum absolute atomic E-state index is 12.6. The van der Waals surface area contributed by atoms with Crippen LogP contribution in [0, 0.1) is 0 Å². The SMILES string of the molecule is O=c1c2cc(Cl)ccc2nc2n1CC/C2=C/c1cccnc1. The molecule has 3 heterocycles. The number of benzene rings is 1. The molecule has 0 N–H and O–H groups in total. The van der Waals surface area contributed by atoms with Gasteiger partial charge in [-0.1, -0.05) is 17.7 Å². The lowest BCUT2D eigenvalue weighted by molar-refractivity contribution is 0.725. The van der Waals surface area contributed by atoms with E-state index in [1.807, 2.05) is 18.2 Å².